The van der Waals surface area contributed by atoms with Crippen LogP contribution in [0.1, 0.15) is 11.8 Å². The van der Waals surface area contributed by atoms with Crippen molar-refractivity contribution in [1.29, 1.82) is 0 Å². The molecular formula is C12H17FN2O6. The van der Waals surface area contributed by atoms with Gasteiger partial charge in [0.05, 0.1) is 13.2 Å². The summed E-state index contributed by atoms with van der Waals surface area (Å²) >= 11 is 0. The predicted octanol–water partition coefficient (Wildman–Crippen LogP) is -1.55. The summed E-state index contributed by atoms with van der Waals surface area (Å²) in [4.78, 5) is 25.3. The monoisotopic (exact) mass is 304 g/mol. The molecule has 2 heterocycles. The maximum Gasteiger partial charge on any atom is 0.330 e. The highest BCUT2D eigenvalue weighted by Crippen LogP contribution is 2.30. The van der Waals surface area contributed by atoms with Gasteiger partial charge in [-0.3, -0.25) is 14.3 Å². The van der Waals surface area contributed by atoms with Gasteiger partial charge in [0.1, 0.15) is 25.0 Å². The van der Waals surface area contributed by atoms with Gasteiger partial charge in [-0.05, 0) is 6.92 Å². The highest BCUT2D eigenvalue weighted by Gasteiger charge is 2.45. The van der Waals surface area contributed by atoms with Crippen LogP contribution in [0, 0.1) is 6.92 Å². The van der Waals surface area contributed by atoms with Gasteiger partial charge in [-0.25, -0.2) is 9.18 Å². The quantitative estimate of drug-likeness (QED) is 0.607. The summed E-state index contributed by atoms with van der Waals surface area (Å²) in [6, 6.07) is 0. The van der Waals surface area contributed by atoms with Gasteiger partial charge in [-0.1, -0.05) is 0 Å². The number of alkyl halides is 1. The first-order chi connectivity index (χ1) is 9.99. The molecule has 0 unspecified atom stereocenters. The minimum Gasteiger partial charge on any atom is -0.394 e. The fraction of sp³-hybridized carbons (Fsp3) is 0.667. The highest BCUT2D eigenvalue weighted by atomic mass is 19.1. The van der Waals surface area contributed by atoms with Crippen LogP contribution in [0.5, 0.6) is 0 Å². The molecule has 0 saturated carbocycles. The number of hydrogen-bond acceptors (Lipinski definition) is 6. The van der Waals surface area contributed by atoms with E-state index in [-0.39, 0.29) is 12.2 Å². The second kappa shape index (κ2) is 6.48. The van der Waals surface area contributed by atoms with E-state index in [4.69, 9.17) is 14.6 Å². The van der Waals surface area contributed by atoms with Gasteiger partial charge in [0.2, 0.25) is 0 Å². The molecule has 1 aliphatic heterocycles. The Morgan fingerprint density at radius 3 is 2.86 bits per heavy atom. The third-order valence-corrected chi connectivity index (χ3v) is 3.30. The lowest BCUT2D eigenvalue weighted by atomic mass is 10.1. The third kappa shape index (κ3) is 3.05. The van der Waals surface area contributed by atoms with E-state index in [0.29, 0.717) is 0 Å². The summed E-state index contributed by atoms with van der Waals surface area (Å²) < 4.78 is 23.9. The van der Waals surface area contributed by atoms with E-state index < -0.39 is 49.1 Å². The van der Waals surface area contributed by atoms with Gasteiger partial charge >= 0.3 is 5.69 Å². The summed E-state index contributed by atoms with van der Waals surface area (Å²) in [5, 5.41) is 19.2. The third-order valence-electron chi connectivity index (χ3n) is 3.30. The smallest absolute Gasteiger partial charge is 0.330 e. The molecule has 4 atom stereocenters. The van der Waals surface area contributed by atoms with Crippen molar-refractivity contribution < 1.29 is 24.1 Å². The van der Waals surface area contributed by atoms with E-state index in [0.717, 1.165) is 4.57 Å². The fourth-order valence-electron chi connectivity index (χ4n) is 2.23. The molecule has 0 aromatic carbocycles. The second-order valence-corrected chi connectivity index (χ2v) is 4.74. The van der Waals surface area contributed by atoms with Gasteiger partial charge in [0.25, 0.3) is 5.56 Å². The van der Waals surface area contributed by atoms with Crippen LogP contribution in [0.3, 0.4) is 0 Å². The molecule has 1 aliphatic rings. The van der Waals surface area contributed by atoms with Crippen molar-refractivity contribution in [2.45, 2.75) is 31.5 Å². The van der Waals surface area contributed by atoms with Crippen LogP contribution in [0.15, 0.2) is 15.8 Å². The molecule has 0 amide bonds. The number of aliphatic hydroxyl groups is 2. The average Bonchev–Trinajstić information content (AvgIpc) is 2.77. The Hall–Kier alpha value is -1.55. The number of ether oxygens (including phenoxy) is 2. The van der Waals surface area contributed by atoms with Crippen molar-refractivity contribution in [3.05, 3.63) is 32.6 Å². The Labute approximate surface area is 118 Å². The lowest BCUT2D eigenvalue weighted by Gasteiger charge is -2.22. The van der Waals surface area contributed by atoms with Crippen molar-refractivity contribution in [2.24, 2.45) is 0 Å². The number of aryl methyl sites for hydroxylation is 1. The first-order valence-electron chi connectivity index (χ1n) is 6.43. The largest absolute Gasteiger partial charge is 0.394 e. The second-order valence-electron chi connectivity index (χ2n) is 4.74. The number of nitrogens with one attached hydrogen (secondary N) is 1. The van der Waals surface area contributed by atoms with Crippen LogP contribution in [-0.4, -0.2) is 58.0 Å². The van der Waals surface area contributed by atoms with Crippen LogP contribution in [0.4, 0.5) is 4.39 Å². The lowest BCUT2D eigenvalue weighted by molar-refractivity contribution is -0.0762. The topological polar surface area (TPSA) is 114 Å². The molecule has 118 valence electrons. The lowest BCUT2D eigenvalue weighted by Crippen LogP contribution is -2.40. The number of aromatic nitrogens is 2. The number of aliphatic hydroxyl groups excluding tert-OH is 2. The minimum absolute atomic E-state index is 0.268. The first kappa shape index (κ1) is 15.8. The first-order valence-corrected chi connectivity index (χ1v) is 6.43. The Morgan fingerprint density at radius 2 is 2.24 bits per heavy atom. The van der Waals surface area contributed by atoms with Crippen molar-refractivity contribution in [2.75, 3.05) is 19.9 Å². The van der Waals surface area contributed by atoms with Gasteiger partial charge in [0.15, 0.2) is 6.23 Å². The summed E-state index contributed by atoms with van der Waals surface area (Å²) in [6.45, 7) is -0.0263. The molecule has 1 aromatic rings. The molecule has 1 saturated heterocycles. The average molecular weight is 304 g/mol. The van der Waals surface area contributed by atoms with Gasteiger partial charge < -0.3 is 19.7 Å². The predicted molar refractivity (Wildman–Crippen MR) is 68.8 cm³/mol. The van der Waals surface area contributed by atoms with Crippen LogP contribution in [0.2, 0.25) is 0 Å². The van der Waals surface area contributed by atoms with Crippen LogP contribution in [0.25, 0.3) is 0 Å². The number of halogens is 1. The molecule has 2 rings (SSSR count). The van der Waals surface area contributed by atoms with E-state index >= 15 is 0 Å². The van der Waals surface area contributed by atoms with E-state index in [1.165, 1.54) is 13.1 Å². The minimum atomic E-state index is -1.22. The SMILES string of the molecule is Cc1cn([C@H]2O[C@@H](CO)[C@@H](O)[C@H]2OCCF)c(=O)[nH]c1=O. The van der Waals surface area contributed by atoms with Crippen molar-refractivity contribution in [3.8, 4) is 0 Å². The molecule has 0 spiro atoms. The Kier molecular flexibility index (Phi) is 4.88. The summed E-state index contributed by atoms with van der Waals surface area (Å²) in [5.74, 6) is 0. The van der Waals surface area contributed by atoms with Crippen LogP contribution < -0.4 is 11.2 Å². The van der Waals surface area contributed by atoms with E-state index in [1.54, 1.807) is 0 Å². The summed E-state index contributed by atoms with van der Waals surface area (Å²) in [7, 11) is 0. The molecule has 21 heavy (non-hydrogen) atoms. The van der Waals surface area contributed by atoms with Crippen LogP contribution >= 0.6 is 0 Å². The Bertz CT molecular complexity index is 600. The molecule has 1 aromatic heterocycles. The maximum atomic E-state index is 12.3. The summed E-state index contributed by atoms with van der Waals surface area (Å²) in [5.41, 5.74) is -1.01. The van der Waals surface area contributed by atoms with Crippen molar-refractivity contribution in [1.82, 2.24) is 9.55 Å². The van der Waals surface area contributed by atoms with E-state index in [9.17, 15) is 19.1 Å². The fourth-order valence-corrected chi connectivity index (χ4v) is 2.23. The normalized spacial score (nSPS) is 29.0. The summed E-state index contributed by atoms with van der Waals surface area (Å²) in [6.07, 6.45) is -3.00. The number of aromatic amines is 1. The van der Waals surface area contributed by atoms with Gasteiger partial charge in [-0.15, -0.1) is 0 Å². The maximum absolute atomic E-state index is 12.3. The molecule has 0 bridgehead atoms. The zero-order valence-electron chi connectivity index (χ0n) is 11.4. The number of hydrogen-bond donors (Lipinski definition) is 3. The van der Waals surface area contributed by atoms with Gasteiger partial charge in [-0.2, -0.15) is 0 Å². The molecular weight excluding hydrogens is 287 g/mol. The standard InChI is InChI=1S/C12H17FN2O6/c1-6-4-15(12(19)14-10(6)18)11-9(20-3-2-13)8(17)7(5-16)21-11/h4,7-9,11,16-17H,2-3,5H2,1H3,(H,14,18,19)/t7-,8+,9+,11-/m0/s1. The Balaban J connectivity index is 2.37. The molecule has 0 radical (unpaired) electrons. The van der Waals surface area contributed by atoms with Crippen molar-refractivity contribution in [3.63, 3.8) is 0 Å². The number of H-pyrrole nitrogens is 1. The van der Waals surface area contributed by atoms with E-state index in [2.05, 4.69) is 4.98 Å². The number of rotatable bonds is 5. The zero-order valence-corrected chi connectivity index (χ0v) is 11.4. The van der Waals surface area contributed by atoms with Gasteiger partial charge in [0, 0.05) is 11.8 Å². The van der Waals surface area contributed by atoms with Crippen molar-refractivity contribution >= 4 is 0 Å². The molecule has 1 fully saturated rings. The molecule has 0 aliphatic carbocycles. The van der Waals surface area contributed by atoms with E-state index in [1.807, 2.05) is 0 Å². The zero-order chi connectivity index (χ0) is 15.6. The molecule has 8 nitrogen and oxygen atoms in total. The highest BCUT2D eigenvalue weighted by molar-refractivity contribution is 5.03. The van der Waals surface area contributed by atoms with Crippen LogP contribution in [-0.2, 0) is 9.47 Å². The Morgan fingerprint density at radius 1 is 1.52 bits per heavy atom. The molecule has 9 heteroatoms. The molecule has 3 N–H and O–H groups in total. The number of nitrogens with zero attached hydrogens (tertiary/aromatic N) is 1.